The van der Waals surface area contributed by atoms with Crippen molar-refractivity contribution in [3.63, 3.8) is 0 Å². The second-order valence-corrected chi connectivity index (χ2v) is 10.4. The zero-order valence-corrected chi connectivity index (χ0v) is 18.7. The van der Waals surface area contributed by atoms with Crippen molar-refractivity contribution >= 4 is 11.9 Å². The summed E-state index contributed by atoms with van der Waals surface area (Å²) < 4.78 is 0. The highest BCUT2D eigenvalue weighted by molar-refractivity contribution is 6.02. The molecular formula is C24H41N3O2. The average Bonchev–Trinajstić information content (AvgIpc) is 2.88. The zero-order valence-electron chi connectivity index (χ0n) is 18.7. The summed E-state index contributed by atoms with van der Waals surface area (Å²) in [5.74, 6) is 0.110. The quantitative estimate of drug-likeness (QED) is 0.634. The molecule has 0 aromatic rings. The lowest BCUT2D eigenvalue weighted by atomic mass is 9.78. The summed E-state index contributed by atoms with van der Waals surface area (Å²) in [4.78, 5) is 32.0. The molecule has 0 aromatic heterocycles. The number of imide groups is 1. The topological polar surface area (TPSA) is 52.7 Å². The van der Waals surface area contributed by atoms with Gasteiger partial charge in [-0.25, -0.2) is 9.69 Å². The summed E-state index contributed by atoms with van der Waals surface area (Å²) in [6, 6.07) is 0.400. The highest BCUT2D eigenvalue weighted by atomic mass is 16.2. The molecule has 164 valence electrons. The van der Waals surface area contributed by atoms with E-state index in [1.807, 2.05) is 0 Å². The molecule has 0 radical (unpaired) electrons. The Labute approximate surface area is 177 Å². The van der Waals surface area contributed by atoms with Crippen LogP contribution in [0.4, 0.5) is 4.79 Å². The molecule has 0 aromatic carbocycles. The Balaban J connectivity index is 1.67. The molecule has 1 heterocycles. The van der Waals surface area contributed by atoms with E-state index in [0.717, 1.165) is 64.2 Å². The Bertz CT molecular complexity index is 597. The summed E-state index contributed by atoms with van der Waals surface area (Å²) in [5, 5.41) is 3.32. The lowest BCUT2D eigenvalue weighted by Crippen LogP contribution is -2.63. The fourth-order valence-electron chi connectivity index (χ4n) is 7.10. The molecular weight excluding hydrogens is 362 g/mol. The molecule has 1 aliphatic heterocycles. The first-order chi connectivity index (χ1) is 14.0. The zero-order chi connectivity index (χ0) is 20.5. The van der Waals surface area contributed by atoms with E-state index in [1.165, 1.54) is 38.5 Å². The predicted octanol–water partition coefficient (Wildman–Crippen LogP) is 5.33. The minimum absolute atomic E-state index is 0.100. The highest BCUT2D eigenvalue weighted by Crippen LogP contribution is 2.53. The van der Waals surface area contributed by atoms with Crippen molar-refractivity contribution in [3.05, 3.63) is 0 Å². The monoisotopic (exact) mass is 403 g/mol. The van der Waals surface area contributed by atoms with Crippen molar-refractivity contribution in [2.75, 3.05) is 0 Å². The van der Waals surface area contributed by atoms with Crippen LogP contribution in [0.2, 0.25) is 0 Å². The average molecular weight is 404 g/mol. The van der Waals surface area contributed by atoms with Gasteiger partial charge in [0.25, 0.3) is 5.91 Å². The van der Waals surface area contributed by atoms with Crippen LogP contribution in [0.5, 0.6) is 0 Å². The second kappa shape index (κ2) is 8.56. The molecule has 0 unspecified atom stereocenters. The van der Waals surface area contributed by atoms with Crippen LogP contribution in [0.3, 0.4) is 0 Å². The van der Waals surface area contributed by atoms with E-state index in [9.17, 15) is 9.59 Å². The molecule has 5 heteroatoms. The molecule has 3 saturated carbocycles. The highest BCUT2D eigenvalue weighted by Gasteiger charge is 2.66. The second-order valence-electron chi connectivity index (χ2n) is 10.4. The van der Waals surface area contributed by atoms with E-state index in [2.05, 4.69) is 24.1 Å². The molecule has 3 amide bonds. The van der Waals surface area contributed by atoms with Gasteiger partial charge < -0.3 is 5.32 Å². The number of rotatable bonds is 2. The van der Waals surface area contributed by atoms with Gasteiger partial charge in [0, 0.05) is 12.1 Å². The van der Waals surface area contributed by atoms with Gasteiger partial charge >= 0.3 is 6.03 Å². The molecule has 2 spiro atoms. The predicted molar refractivity (Wildman–Crippen MR) is 115 cm³/mol. The SMILES string of the molecule is CC(C)N1C2(CCCCC2)C(=O)N(C(=O)NC2CCCCCC2)C12CCCCC2. The van der Waals surface area contributed by atoms with E-state index in [4.69, 9.17) is 0 Å². The number of amides is 3. The van der Waals surface area contributed by atoms with Crippen LogP contribution in [-0.2, 0) is 4.79 Å². The molecule has 29 heavy (non-hydrogen) atoms. The van der Waals surface area contributed by atoms with Crippen molar-refractivity contribution in [1.29, 1.82) is 0 Å². The Kier molecular flexibility index (Phi) is 6.24. The number of urea groups is 1. The van der Waals surface area contributed by atoms with E-state index < -0.39 is 11.2 Å². The molecule has 4 fully saturated rings. The molecule has 0 bridgehead atoms. The maximum Gasteiger partial charge on any atom is 0.325 e. The van der Waals surface area contributed by atoms with Crippen LogP contribution in [-0.4, -0.2) is 45.0 Å². The first kappa shape index (κ1) is 21.1. The van der Waals surface area contributed by atoms with Gasteiger partial charge in [-0.15, -0.1) is 0 Å². The third kappa shape index (κ3) is 3.62. The van der Waals surface area contributed by atoms with Gasteiger partial charge in [0.2, 0.25) is 0 Å². The van der Waals surface area contributed by atoms with Crippen LogP contribution < -0.4 is 5.32 Å². The number of hydrogen-bond donors (Lipinski definition) is 1. The number of hydrogen-bond acceptors (Lipinski definition) is 3. The summed E-state index contributed by atoms with van der Waals surface area (Å²) >= 11 is 0. The molecule has 1 saturated heterocycles. The van der Waals surface area contributed by atoms with E-state index in [0.29, 0.717) is 0 Å². The number of carbonyl (C=O) groups is 2. The fourth-order valence-corrected chi connectivity index (χ4v) is 7.10. The first-order valence-electron chi connectivity index (χ1n) is 12.5. The molecule has 0 atom stereocenters. The molecule has 4 aliphatic rings. The van der Waals surface area contributed by atoms with Crippen LogP contribution in [0.25, 0.3) is 0 Å². The minimum Gasteiger partial charge on any atom is -0.335 e. The van der Waals surface area contributed by atoms with Gasteiger partial charge in [-0.3, -0.25) is 9.69 Å². The maximum absolute atomic E-state index is 14.0. The Hall–Kier alpha value is -1.10. The van der Waals surface area contributed by atoms with Crippen LogP contribution >= 0.6 is 0 Å². The van der Waals surface area contributed by atoms with Crippen molar-refractivity contribution in [3.8, 4) is 0 Å². The smallest absolute Gasteiger partial charge is 0.325 e. The third-order valence-corrected chi connectivity index (χ3v) is 8.16. The summed E-state index contributed by atoms with van der Waals surface area (Å²) in [7, 11) is 0. The van der Waals surface area contributed by atoms with Gasteiger partial charge in [0.1, 0.15) is 11.2 Å². The molecule has 4 rings (SSSR count). The molecule has 3 aliphatic carbocycles. The summed E-state index contributed by atoms with van der Waals surface area (Å²) in [6.45, 7) is 4.46. The minimum atomic E-state index is -0.454. The lowest BCUT2D eigenvalue weighted by molar-refractivity contribution is -0.133. The number of nitrogens with zero attached hydrogens (tertiary/aromatic N) is 2. The third-order valence-electron chi connectivity index (χ3n) is 8.16. The van der Waals surface area contributed by atoms with Gasteiger partial charge in [-0.1, -0.05) is 51.4 Å². The largest absolute Gasteiger partial charge is 0.335 e. The molecule has 5 nitrogen and oxygen atoms in total. The normalized spacial score (nSPS) is 28.2. The van der Waals surface area contributed by atoms with Crippen molar-refractivity contribution in [2.45, 2.75) is 140 Å². The maximum atomic E-state index is 14.0. The van der Waals surface area contributed by atoms with Crippen LogP contribution in [0.1, 0.15) is 117 Å². The summed E-state index contributed by atoms with van der Waals surface area (Å²) in [6.07, 6.45) is 17.6. The number of nitrogens with one attached hydrogen (secondary N) is 1. The lowest BCUT2D eigenvalue weighted by Gasteiger charge is -2.51. The Morgan fingerprint density at radius 2 is 1.38 bits per heavy atom. The number of carbonyl (C=O) groups excluding carboxylic acids is 2. The van der Waals surface area contributed by atoms with Gasteiger partial charge in [0.05, 0.1) is 0 Å². The Morgan fingerprint density at radius 1 is 0.862 bits per heavy atom. The standard InChI is InChI=1S/C24H41N3O2/c1-19(2)27-23(15-9-5-10-16-23)21(28)26(24(27)17-11-6-12-18-24)22(29)25-20-13-7-3-4-8-14-20/h19-20H,3-18H2,1-2H3,(H,25,29). The van der Waals surface area contributed by atoms with E-state index in [-0.39, 0.29) is 24.0 Å². The van der Waals surface area contributed by atoms with Crippen molar-refractivity contribution < 1.29 is 9.59 Å². The van der Waals surface area contributed by atoms with E-state index >= 15 is 0 Å². The van der Waals surface area contributed by atoms with Gasteiger partial charge in [0.15, 0.2) is 0 Å². The van der Waals surface area contributed by atoms with Gasteiger partial charge in [-0.2, -0.15) is 0 Å². The molecule has 1 N–H and O–H groups in total. The summed E-state index contributed by atoms with van der Waals surface area (Å²) in [5.41, 5.74) is -0.861. The first-order valence-corrected chi connectivity index (χ1v) is 12.5. The van der Waals surface area contributed by atoms with Crippen LogP contribution in [0.15, 0.2) is 0 Å². The van der Waals surface area contributed by atoms with Crippen LogP contribution in [0, 0.1) is 0 Å². The fraction of sp³-hybridized carbons (Fsp3) is 0.917. The van der Waals surface area contributed by atoms with Crippen molar-refractivity contribution in [1.82, 2.24) is 15.1 Å². The Morgan fingerprint density at radius 3 is 1.93 bits per heavy atom. The van der Waals surface area contributed by atoms with Crippen molar-refractivity contribution in [2.24, 2.45) is 0 Å². The van der Waals surface area contributed by atoms with Gasteiger partial charge in [-0.05, 0) is 65.2 Å². The van der Waals surface area contributed by atoms with E-state index in [1.54, 1.807) is 4.90 Å².